The molecule has 0 amide bonds. The average Bonchev–Trinajstić information content (AvgIpc) is 3.45. The molecule has 21 aliphatic rings. The zero-order valence-electron chi connectivity index (χ0n) is 44.0. The highest BCUT2D eigenvalue weighted by Crippen LogP contribution is 2.38. The normalized spacial score (nSPS) is 50.8. The van der Waals surface area contributed by atoms with Crippen LogP contribution in [-0.4, -0.2) is 332 Å². The van der Waals surface area contributed by atoms with Gasteiger partial charge in [0.05, 0.1) is 0 Å². The number of ether oxygens (including phenoxy) is 14. The van der Waals surface area contributed by atoms with Crippen LogP contribution in [0.2, 0.25) is 0 Å². The largest absolute Gasteiger partial charge is 0.387 e. The molecular weight excluding hydrogens is 1300 g/mol. The van der Waals surface area contributed by atoms with E-state index in [0.717, 1.165) is 0 Å². The predicted molar refractivity (Wildman–Crippen MR) is 293 cm³/mol. The second-order valence-corrected chi connectivity index (χ2v) is 20.0. The molecule has 35 nitrogen and oxygen atoms in total. The van der Waals surface area contributed by atoms with Crippen LogP contribution in [0.15, 0.2) is 0 Å². The van der Waals surface area contributed by atoms with E-state index in [9.17, 15) is 71.5 Å². The number of aliphatic hydroxyl groups is 14. The maximum absolute atomic E-state index is 11.5. The van der Waals surface area contributed by atoms with E-state index in [2.05, 4.69) is 0 Å². The van der Waals surface area contributed by atoms with E-state index >= 15 is 0 Å². The predicted octanol–water partition coefficient (Wildman–Crippen LogP) is -12.5. The van der Waals surface area contributed by atoms with Crippen molar-refractivity contribution in [2.45, 2.75) is 215 Å². The number of hydrogen-bond acceptors (Lipinski definition) is 35. The Bertz CT molecular complexity index is 1530. The first kappa shape index (κ1) is 82.6. The minimum atomic E-state index is -2.05. The minimum absolute atomic E-state index is 0. The van der Waals surface area contributed by atoms with Crippen molar-refractivity contribution in [2.75, 3.05) is 45.8 Å². The van der Waals surface area contributed by atoms with Crippen molar-refractivity contribution in [3.05, 3.63) is 0 Å². The van der Waals surface area contributed by atoms with E-state index in [4.69, 9.17) is 106 Å². The lowest BCUT2D eigenvalue weighted by molar-refractivity contribution is -0.391. The molecule has 21 fully saturated rings. The van der Waals surface area contributed by atoms with Gasteiger partial charge in [0.15, 0.2) is 44.0 Å². The SMILES string of the molecule is Cl.Cl.Cl.Cl.Cl.Cl.Cl.NC[C@H]1O[C@@H]2O[C@H]3[C@H](O)[C@@H](O)[C@@H](O[C@H]4[C@H](O)[C@@H](O)[C@@H](O[C@H]5[C@H](O)[C@@H](O)[C@@H](O[C@H]6[C@H](O)[C@@H](O)[C@@H](O[C@H]7[C@H](O)[C@@H](O)[C@@H](O[C@H]8[C@H](O)C(O)[C@@H](O[C@H]1[C@H](O)[C@H]2O)O[C@@H]8CN)O[C@@H]7CN)O[C@@H]6CN)O[C@@H]5CN)O[C@@H]4CN)O[C@@H]3CN. The maximum atomic E-state index is 11.5. The Morgan fingerprint density at radius 2 is 0.262 bits per heavy atom. The van der Waals surface area contributed by atoms with Gasteiger partial charge in [-0.25, -0.2) is 0 Å². The van der Waals surface area contributed by atoms with Crippen LogP contribution in [0.4, 0.5) is 0 Å². The number of rotatable bonds is 7. The first-order valence-corrected chi connectivity index (χ1v) is 25.3. The van der Waals surface area contributed by atoms with Crippen LogP contribution in [0.1, 0.15) is 0 Å². The van der Waals surface area contributed by atoms with Crippen molar-refractivity contribution in [2.24, 2.45) is 40.1 Å². The summed E-state index contributed by atoms with van der Waals surface area (Å²) in [5.74, 6) is 0. The van der Waals surface area contributed by atoms with Crippen LogP contribution in [0.3, 0.4) is 0 Å². The van der Waals surface area contributed by atoms with Crippen molar-refractivity contribution in [1.82, 2.24) is 0 Å². The number of aliphatic hydroxyl groups excluding tert-OH is 14. The first-order valence-electron chi connectivity index (χ1n) is 25.3. The molecule has 0 aromatic rings. The van der Waals surface area contributed by atoms with Crippen LogP contribution in [-0.2, 0) is 66.3 Å². The molecule has 42 heteroatoms. The van der Waals surface area contributed by atoms with Crippen molar-refractivity contribution >= 4 is 86.8 Å². The molecule has 0 radical (unpaired) electrons. The lowest BCUT2D eigenvalue weighted by Crippen LogP contribution is -2.69. The molecule has 28 N–H and O–H groups in total. The van der Waals surface area contributed by atoms with Gasteiger partial charge in [0.25, 0.3) is 0 Å². The van der Waals surface area contributed by atoms with Crippen molar-refractivity contribution < 1.29 is 138 Å². The van der Waals surface area contributed by atoms with Gasteiger partial charge in [-0.3, -0.25) is 0 Å². The summed E-state index contributed by atoms with van der Waals surface area (Å²) in [6.45, 7) is -3.26. The topological polar surface area (TPSA) is 595 Å². The lowest BCUT2D eigenvalue weighted by Gasteiger charge is -2.50. The van der Waals surface area contributed by atoms with Gasteiger partial charge < -0.3 is 178 Å². The van der Waals surface area contributed by atoms with Gasteiger partial charge in [0.1, 0.15) is 171 Å². The van der Waals surface area contributed by atoms with Gasteiger partial charge >= 0.3 is 0 Å². The quantitative estimate of drug-likeness (QED) is 0.113. The molecule has 1 unspecified atom stereocenters. The Kier molecular flexibility index (Phi) is 35.0. The third kappa shape index (κ3) is 16.5. The molecule has 0 saturated carbocycles. The maximum Gasteiger partial charge on any atom is 0.187 e. The van der Waals surface area contributed by atoms with Crippen LogP contribution in [0.5, 0.6) is 0 Å². The van der Waals surface area contributed by atoms with E-state index in [-0.39, 0.29) is 86.8 Å². The Hall–Kier alpha value is 0.630. The van der Waals surface area contributed by atoms with Gasteiger partial charge in [-0.15, -0.1) is 86.8 Å². The van der Waals surface area contributed by atoms with E-state index in [1.54, 1.807) is 0 Å². The number of nitrogens with two attached hydrogens (primary N) is 7. The molecule has 84 heavy (non-hydrogen) atoms. The van der Waals surface area contributed by atoms with Crippen LogP contribution < -0.4 is 40.1 Å². The van der Waals surface area contributed by atoms with Crippen LogP contribution in [0.25, 0.3) is 0 Å². The summed E-state index contributed by atoms with van der Waals surface area (Å²) in [6.07, 6.45) is -62.7. The highest BCUT2D eigenvalue weighted by atomic mass is 35.5. The molecule has 0 spiro atoms. The van der Waals surface area contributed by atoms with Gasteiger partial charge in [0, 0.05) is 45.8 Å². The molecule has 0 aliphatic carbocycles. The van der Waals surface area contributed by atoms with Crippen LogP contribution >= 0.6 is 86.8 Å². The summed E-state index contributed by atoms with van der Waals surface area (Å²) in [7, 11) is 0. The summed E-state index contributed by atoms with van der Waals surface area (Å²) in [6, 6.07) is 0. The second kappa shape index (κ2) is 35.6. The molecule has 35 atom stereocenters. The molecule has 21 aliphatic heterocycles. The molecule has 0 aromatic carbocycles. The van der Waals surface area contributed by atoms with Gasteiger partial charge in [-0.05, 0) is 0 Å². The summed E-state index contributed by atoms with van der Waals surface area (Å²) in [5.41, 5.74) is 42.1. The summed E-state index contributed by atoms with van der Waals surface area (Å²) >= 11 is 0. The Balaban J connectivity index is 0.00000504. The van der Waals surface area contributed by atoms with E-state index < -0.39 is 261 Å². The van der Waals surface area contributed by atoms with Gasteiger partial charge in [0.2, 0.25) is 0 Å². The van der Waals surface area contributed by atoms with Crippen molar-refractivity contribution in [1.29, 1.82) is 0 Å². The molecule has 0 aromatic heterocycles. The van der Waals surface area contributed by atoms with Gasteiger partial charge in [-0.1, -0.05) is 0 Å². The monoisotopic (exact) mass is 1380 g/mol. The standard InChI is InChI=1S/C42H77N7O28.7ClH/c43-1-8-29-15(50)22(57)36(64-8)72-30-9(2-44)66-38(24(59)17(30)52)74-32-11(4-46)68-40(26(61)19(32)54)76-34-13(6-48)70-42(28(63)21(34)56)77-35-14(7-49)69-41(27(62)20(35)55)75-33-12(5-47)67-39(25(60)18(33)53)73-31-10(3-45)65-37(71-29)23(58)16(31)51;;;;;;;/h8-42,50-63H,1-7,43-49H2;7*1H/t8-,9-,10-,11-,12-,13-,14-,15-,16-,17-,18-,19-,20-,21-,22-,23-,24-,25-,26-,27-,28?,29-,30-,31-,32-,33-,34-,35-,36-,37-,38-,39-,40-,41-,42-;;;;;;;/m1......./s1. The highest BCUT2D eigenvalue weighted by Gasteiger charge is 2.59. The van der Waals surface area contributed by atoms with Crippen LogP contribution in [0, 0.1) is 0 Å². The molecule has 21 rings (SSSR count). The number of hydrogen-bond donors (Lipinski definition) is 21. The smallest absolute Gasteiger partial charge is 0.187 e. The third-order valence-corrected chi connectivity index (χ3v) is 15.1. The summed E-state index contributed by atoms with van der Waals surface area (Å²) in [4.78, 5) is 0. The molecule has 21 saturated heterocycles. The molecule has 21 heterocycles. The minimum Gasteiger partial charge on any atom is -0.387 e. The van der Waals surface area contributed by atoms with E-state index in [0.29, 0.717) is 0 Å². The Morgan fingerprint density at radius 3 is 0.345 bits per heavy atom. The molecule has 504 valence electrons. The fraction of sp³-hybridized carbons (Fsp3) is 1.00. The Labute approximate surface area is 523 Å². The Morgan fingerprint density at radius 1 is 0.167 bits per heavy atom. The fourth-order valence-corrected chi connectivity index (χ4v) is 10.7. The van der Waals surface area contributed by atoms with Crippen molar-refractivity contribution in [3.63, 3.8) is 0 Å². The third-order valence-electron chi connectivity index (χ3n) is 15.1. The summed E-state index contributed by atoms with van der Waals surface area (Å²) in [5, 5.41) is 160. The number of halogens is 7. The fourth-order valence-electron chi connectivity index (χ4n) is 10.7. The van der Waals surface area contributed by atoms with Crippen molar-refractivity contribution in [3.8, 4) is 0 Å². The zero-order valence-corrected chi connectivity index (χ0v) is 49.7. The zero-order chi connectivity index (χ0) is 56.1. The second-order valence-electron chi connectivity index (χ2n) is 20.0. The first-order chi connectivity index (χ1) is 36.7. The highest BCUT2D eigenvalue weighted by molar-refractivity contribution is 5.86. The lowest BCUT2D eigenvalue weighted by atomic mass is 9.95. The van der Waals surface area contributed by atoms with E-state index in [1.165, 1.54) is 0 Å². The molecule has 14 bridgehead atoms. The van der Waals surface area contributed by atoms with Gasteiger partial charge in [-0.2, -0.15) is 0 Å². The average molecular weight is 1380 g/mol. The molecular formula is C42H84Cl7N7O28. The summed E-state index contributed by atoms with van der Waals surface area (Å²) < 4.78 is 82.4. The van der Waals surface area contributed by atoms with E-state index in [1.807, 2.05) is 0 Å².